The van der Waals surface area contributed by atoms with Crippen molar-refractivity contribution in [2.75, 3.05) is 0 Å². The second-order valence-corrected chi connectivity index (χ2v) is 9.86. The predicted molar refractivity (Wildman–Crippen MR) is 139 cm³/mol. The van der Waals surface area contributed by atoms with Gasteiger partial charge in [-0.25, -0.2) is 0 Å². The lowest BCUT2D eigenvalue weighted by Gasteiger charge is -2.37. The van der Waals surface area contributed by atoms with Crippen molar-refractivity contribution in [1.29, 1.82) is 0 Å². The van der Waals surface area contributed by atoms with Crippen molar-refractivity contribution in [2.24, 2.45) is 0 Å². The molecule has 0 bridgehead atoms. The highest BCUT2D eigenvalue weighted by atomic mass is 32.1. The van der Waals surface area contributed by atoms with E-state index in [1.807, 2.05) is 12.3 Å². The molecule has 0 amide bonds. The summed E-state index contributed by atoms with van der Waals surface area (Å²) in [7, 11) is 0. The van der Waals surface area contributed by atoms with Gasteiger partial charge in [0, 0.05) is 29.3 Å². The summed E-state index contributed by atoms with van der Waals surface area (Å²) in [6.07, 6.45) is 9.24. The van der Waals surface area contributed by atoms with Gasteiger partial charge in [0.25, 0.3) is 0 Å². The Morgan fingerprint density at radius 1 is 1.03 bits per heavy atom. The fraction of sp³-hybridized carbons (Fsp3) is 0.429. The molecule has 1 saturated carbocycles. The summed E-state index contributed by atoms with van der Waals surface area (Å²) in [4.78, 5) is 7.26. The molecule has 5 heteroatoms. The number of hydrogen-bond acceptors (Lipinski definition) is 2. The van der Waals surface area contributed by atoms with Gasteiger partial charge < -0.3 is 14.8 Å². The molecule has 172 valence electrons. The number of para-hydroxylation sites is 1. The summed E-state index contributed by atoms with van der Waals surface area (Å²) in [5, 5.41) is 4.55. The number of nitrogens with one attached hydrogen (secondary N) is 1. The smallest absolute Gasteiger partial charge is 0.170 e. The molecule has 2 aromatic heterocycles. The minimum atomic E-state index is 0.0518. The standard InChI is InChI=1S/C28H34N4S/c1-4-21-12-8-9-16-25(21)31-19(2)18-23(20(31)3)27-26(24-15-10-11-17-29-24)30-28(33)32(27)22-13-6-5-7-14-22/h8-12,15-18,22,26-27H,4-7,13-14H2,1-3H3,(H,30,33). The van der Waals surface area contributed by atoms with Crippen molar-refractivity contribution in [3.63, 3.8) is 0 Å². The van der Waals surface area contributed by atoms with E-state index < -0.39 is 0 Å². The van der Waals surface area contributed by atoms with Crippen LogP contribution < -0.4 is 5.32 Å². The second kappa shape index (κ2) is 9.30. The summed E-state index contributed by atoms with van der Waals surface area (Å²) in [6.45, 7) is 6.73. The van der Waals surface area contributed by atoms with Crippen LogP contribution in [0.3, 0.4) is 0 Å². The van der Waals surface area contributed by atoms with Crippen LogP contribution in [0.2, 0.25) is 0 Å². The van der Waals surface area contributed by atoms with Gasteiger partial charge in [0.15, 0.2) is 5.11 Å². The maximum Gasteiger partial charge on any atom is 0.170 e. The van der Waals surface area contributed by atoms with Gasteiger partial charge in [0.2, 0.25) is 0 Å². The van der Waals surface area contributed by atoms with E-state index in [1.165, 1.54) is 60.3 Å². The van der Waals surface area contributed by atoms with Gasteiger partial charge in [-0.05, 0) is 80.7 Å². The first kappa shape index (κ1) is 22.1. The zero-order valence-corrected chi connectivity index (χ0v) is 20.7. The third kappa shape index (κ3) is 3.97. The van der Waals surface area contributed by atoms with Gasteiger partial charge in [-0.2, -0.15) is 0 Å². The van der Waals surface area contributed by atoms with E-state index in [1.54, 1.807) is 0 Å². The molecule has 2 atom stereocenters. The van der Waals surface area contributed by atoms with Crippen LogP contribution in [0.15, 0.2) is 54.7 Å². The largest absolute Gasteiger partial charge is 0.352 e. The Bertz CT molecular complexity index is 1130. The SMILES string of the molecule is CCc1ccccc1-n1c(C)cc(C2C(c3ccccn3)NC(=S)N2C2CCCCC2)c1C. The first-order valence-corrected chi connectivity index (χ1v) is 12.8. The molecule has 1 N–H and O–H groups in total. The van der Waals surface area contributed by atoms with Crippen molar-refractivity contribution < 1.29 is 0 Å². The van der Waals surface area contributed by atoms with Gasteiger partial charge in [0.1, 0.15) is 0 Å². The number of rotatable bonds is 5. The van der Waals surface area contributed by atoms with E-state index in [9.17, 15) is 0 Å². The highest BCUT2D eigenvalue weighted by Crippen LogP contribution is 2.44. The van der Waals surface area contributed by atoms with Crippen LogP contribution in [0.4, 0.5) is 0 Å². The average molecular weight is 459 g/mol. The van der Waals surface area contributed by atoms with Crippen LogP contribution in [0.1, 0.15) is 79.3 Å². The molecule has 1 aromatic carbocycles. The molecule has 1 saturated heterocycles. The van der Waals surface area contributed by atoms with Gasteiger partial charge in [-0.3, -0.25) is 4.98 Å². The first-order chi connectivity index (χ1) is 16.1. The summed E-state index contributed by atoms with van der Waals surface area (Å²) in [5.74, 6) is 0. The molecule has 0 spiro atoms. The lowest BCUT2D eigenvalue weighted by atomic mass is 9.90. The molecule has 33 heavy (non-hydrogen) atoms. The van der Waals surface area contributed by atoms with Crippen LogP contribution in [-0.2, 0) is 6.42 Å². The van der Waals surface area contributed by atoms with E-state index in [0.29, 0.717) is 6.04 Å². The van der Waals surface area contributed by atoms with E-state index in [2.05, 4.69) is 78.0 Å². The Hall–Kier alpha value is -2.66. The highest BCUT2D eigenvalue weighted by Gasteiger charge is 2.44. The number of aromatic nitrogens is 2. The van der Waals surface area contributed by atoms with E-state index in [4.69, 9.17) is 17.2 Å². The number of hydrogen-bond donors (Lipinski definition) is 1. The van der Waals surface area contributed by atoms with E-state index in [-0.39, 0.29) is 12.1 Å². The van der Waals surface area contributed by atoms with Gasteiger partial charge in [-0.15, -0.1) is 0 Å². The van der Waals surface area contributed by atoms with Crippen LogP contribution in [0, 0.1) is 13.8 Å². The van der Waals surface area contributed by atoms with Crippen molar-refractivity contribution >= 4 is 17.3 Å². The van der Waals surface area contributed by atoms with Crippen LogP contribution >= 0.6 is 12.2 Å². The molecule has 3 aromatic rings. The molecule has 3 heterocycles. The fourth-order valence-corrected chi connectivity index (χ4v) is 6.33. The molecule has 2 fully saturated rings. The highest BCUT2D eigenvalue weighted by molar-refractivity contribution is 7.80. The Morgan fingerprint density at radius 2 is 1.79 bits per heavy atom. The Morgan fingerprint density at radius 3 is 2.52 bits per heavy atom. The van der Waals surface area contributed by atoms with Crippen LogP contribution in [0.25, 0.3) is 5.69 Å². The van der Waals surface area contributed by atoms with Crippen molar-refractivity contribution in [3.05, 3.63) is 82.9 Å². The zero-order valence-electron chi connectivity index (χ0n) is 19.9. The maximum absolute atomic E-state index is 5.97. The molecule has 2 unspecified atom stereocenters. The van der Waals surface area contributed by atoms with Crippen molar-refractivity contribution in [3.8, 4) is 5.69 Å². The Kier molecular flexibility index (Phi) is 6.24. The quantitative estimate of drug-likeness (QED) is 0.451. The summed E-state index contributed by atoms with van der Waals surface area (Å²) in [6, 6.07) is 18.0. The monoisotopic (exact) mass is 458 g/mol. The van der Waals surface area contributed by atoms with Gasteiger partial charge in [0.05, 0.1) is 17.8 Å². The zero-order chi connectivity index (χ0) is 22.9. The predicted octanol–water partition coefficient (Wildman–Crippen LogP) is 6.36. The number of benzene rings is 1. The first-order valence-electron chi connectivity index (χ1n) is 12.4. The minimum absolute atomic E-state index is 0.0518. The molecule has 1 aliphatic carbocycles. The Labute approximate surface area is 203 Å². The lowest BCUT2D eigenvalue weighted by molar-refractivity contribution is 0.197. The number of nitrogens with zero attached hydrogens (tertiary/aromatic N) is 3. The maximum atomic E-state index is 5.97. The molecular weight excluding hydrogens is 424 g/mol. The third-order valence-corrected chi connectivity index (χ3v) is 7.83. The Balaban J connectivity index is 1.64. The van der Waals surface area contributed by atoms with Crippen molar-refractivity contribution in [2.45, 2.75) is 77.4 Å². The topological polar surface area (TPSA) is 33.1 Å². The van der Waals surface area contributed by atoms with E-state index >= 15 is 0 Å². The lowest BCUT2D eigenvalue weighted by Crippen LogP contribution is -2.40. The molecule has 2 aliphatic rings. The molecule has 0 radical (unpaired) electrons. The number of pyridine rings is 1. The normalized spacial score (nSPS) is 21.4. The summed E-state index contributed by atoms with van der Waals surface area (Å²) < 4.78 is 2.43. The summed E-state index contributed by atoms with van der Waals surface area (Å²) >= 11 is 5.97. The minimum Gasteiger partial charge on any atom is -0.352 e. The number of thiocarbonyl (C=S) groups is 1. The van der Waals surface area contributed by atoms with Crippen molar-refractivity contribution in [1.82, 2.24) is 19.8 Å². The number of aryl methyl sites for hydroxylation is 2. The van der Waals surface area contributed by atoms with Gasteiger partial charge in [-0.1, -0.05) is 50.5 Å². The fourth-order valence-electron chi connectivity index (χ4n) is 5.94. The summed E-state index contributed by atoms with van der Waals surface area (Å²) in [5.41, 5.74) is 7.63. The molecule has 5 rings (SSSR count). The third-order valence-electron chi connectivity index (χ3n) is 7.51. The molecular formula is C28H34N4S. The van der Waals surface area contributed by atoms with Crippen LogP contribution in [0.5, 0.6) is 0 Å². The van der Waals surface area contributed by atoms with Gasteiger partial charge >= 0.3 is 0 Å². The molecule has 1 aliphatic heterocycles. The van der Waals surface area contributed by atoms with E-state index in [0.717, 1.165) is 17.2 Å². The second-order valence-electron chi connectivity index (χ2n) is 9.47. The van der Waals surface area contributed by atoms with Crippen LogP contribution in [-0.4, -0.2) is 25.6 Å². The average Bonchev–Trinajstić information content (AvgIpc) is 3.35. The molecule has 4 nitrogen and oxygen atoms in total.